The summed E-state index contributed by atoms with van der Waals surface area (Å²) in [6.07, 6.45) is 24.8. The summed E-state index contributed by atoms with van der Waals surface area (Å²) in [5.41, 5.74) is 2.79. The number of hydrogen-bond acceptors (Lipinski definition) is 1. The van der Waals surface area contributed by atoms with E-state index in [2.05, 4.69) is 65.3 Å². The SMILES string of the molecule is CCCCCCCCCCCCSC[n+]1cn(CCCCCCCC)c2ccccc21.[Cl-]. The van der Waals surface area contributed by atoms with Crippen LogP contribution in [0.1, 0.15) is 117 Å². The molecule has 0 radical (unpaired) electrons. The Hall–Kier alpha value is -0.670. The van der Waals surface area contributed by atoms with Crippen molar-refractivity contribution in [2.75, 3.05) is 5.75 Å². The van der Waals surface area contributed by atoms with Crippen molar-refractivity contribution in [3.63, 3.8) is 0 Å². The van der Waals surface area contributed by atoms with Crippen molar-refractivity contribution in [3.8, 4) is 0 Å². The number of rotatable bonds is 20. The first-order chi connectivity index (χ1) is 15.4. The van der Waals surface area contributed by atoms with E-state index in [9.17, 15) is 0 Å². The van der Waals surface area contributed by atoms with Gasteiger partial charge in [0.05, 0.1) is 6.54 Å². The lowest BCUT2D eigenvalue weighted by Crippen LogP contribution is -3.00. The molecule has 1 aromatic heterocycles. The van der Waals surface area contributed by atoms with Crippen LogP contribution in [0.2, 0.25) is 0 Å². The fourth-order valence-electron chi connectivity index (χ4n) is 4.44. The van der Waals surface area contributed by atoms with E-state index >= 15 is 0 Å². The van der Waals surface area contributed by atoms with Crippen LogP contribution in [0.15, 0.2) is 30.6 Å². The molecule has 0 amide bonds. The molecule has 0 spiro atoms. The van der Waals surface area contributed by atoms with Crippen LogP contribution in [-0.4, -0.2) is 10.3 Å². The van der Waals surface area contributed by atoms with E-state index in [0.717, 1.165) is 12.4 Å². The monoisotopic (exact) mass is 480 g/mol. The number of halogens is 1. The fourth-order valence-corrected chi connectivity index (χ4v) is 5.38. The molecule has 0 bridgehead atoms. The van der Waals surface area contributed by atoms with Crippen LogP contribution in [0, 0.1) is 0 Å². The van der Waals surface area contributed by atoms with Gasteiger partial charge in [-0.25, -0.2) is 9.13 Å². The minimum Gasteiger partial charge on any atom is -1.00 e. The predicted molar refractivity (Wildman–Crippen MR) is 140 cm³/mol. The quantitative estimate of drug-likeness (QED) is 0.169. The molecule has 2 rings (SSSR count). The Labute approximate surface area is 209 Å². The van der Waals surface area contributed by atoms with E-state index in [1.807, 2.05) is 0 Å². The molecule has 1 aromatic carbocycles. The van der Waals surface area contributed by atoms with Crippen molar-refractivity contribution in [2.45, 2.75) is 129 Å². The van der Waals surface area contributed by atoms with Gasteiger partial charge in [0.15, 0.2) is 11.0 Å². The fraction of sp³-hybridized carbons (Fsp3) is 0.750. The van der Waals surface area contributed by atoms with Crippen LogP contribution in [0.25, 0.3) is 11.0 Å². The van der Waals surface area contributed by atoms with Crippen molar-refractivity contribution in [1.29, 1.82) is 0 Å². The van der Waals surface area contributed by atoms with Gasteiger partial charge in [0.25, 0.3) is 0 Å². The number of thioether (sulfide) groups is 1. The van der Waals surface area contributed by atoms with Gasteiger partial charge in [0.1, 0.15) is 5.88 Å². The van der Waals surface area contributed by atoms with E-state index in [0.29, 0.717) is 0 Å². The van der Waals surface area contributed by atoms with Crippen molar-refractivity contribution in [2.24, 2.45) is 0 Å². The smallest absolute Gasteiger partial charge is 0.245 e. The lowest BCUT2D eigenvalue weighted by molar-refractivity contribution is -0.650. The van der Waals surface area contributed by atoms with Gasteiger partial charge in [0, 0.05) is 0 Å². The molecule has 0 aliphatic heterocycles. The molecule has 0 aliphatic carbocycles. The average Bonchev–Trinajstić information content (AvgIpc) is 3.14. The highest BCUT2D eigenvalue weighted by molar-refractivity contribution is 7.98. The molecule has 2 aromatic rings. The van der Waals surface area contributed by atoms with Crippen LogP contribution in [-0.2, 0) is 12.4 Å². The molecule has 2 nitrogen and oxygen atoms in total. The third-order valence-electron chi connectivity index (χ3n) is 6.40. The maximum Gasteiger partial charge on any atom is 0.245 e. The van der Waals surface area contributed by atoms with E-state index in [1.54, 1.807) is 0 Å². The topological polar surface area (TPSA) is 8.81 Å². The van der Waals surface area contributed by atoms with Gasteiger partial charge in [-0.3, -0.25) is 0 Å². The number of hydrogen-bond donors (Lipinski definition) is 0. The number of imidazole rings is 1. The normalized spacial score (nSPS) is 11.2. The lowest BCUT2D eigenvalue weighted by atomic mass is 10.1. The molecule has 0 saturated carbocycles. The van der Waals surface area contributed by atoms with Crippen LogP contribution in [0.3, 0.4) is 0 Å². The Kier molecular flexibility index (Phi) is 18.1. The summed E-state index contributed by atoms with van der Waals surface area (Å²) in [6.45, 7) is 5.74. The van der Waals surface area contributed by atoms with Gasteiger partial charge in [-0.15, -0.1) is 11.8 Å². The number of unbranched alkanes of at least 4 members (excludes halogenated alkanes) is 14. The Morgan fingerprint density at radius 1 is 0.688 bits per heavy atom. The molecule has 0 saturated heterocycles. The first-order valence-corrected chi connectivity index (χ1v) is 14.6. The maximum absolute atomic E-state index is 2.48. The average molecular weight is 481 g/mol. The standard InChI is InChI=1S/C28H49N2S.ClH/c1-3-5-7-9-11-12-13-14-16-20-24-31-26-30-25-29(23-19-15-10-8-6-4-2)27-21-17-18-22-28(27)30;/h17-18,21-22,25H,3-16,19-20,23-24,26H2,1-2H3;1H/q+1;/p-1. The minimum absolute atomic E-state index is 0. The molecular formula is C28H49ClN2S. The van der Waals surface area contributed by atoms with E-state index in [4.69, 9.17) is 0 Å². The van der Waals surface area contributed by atoms with Crippen LogP contribution in [0.4, 0.5) is 0 Å². The summed E-state index contributed by atoms with van der Waals surface area (Å²) in [6, 6.07) is 8.94. The molecule has 32 heavy (non-hydrogen) atoms. The maximum atomic E-state index is 2.48. The molecule has 4 heteroatoms. The lowest BCUT2D eigenvalue weighted by Gasteiger charge is -2.02. The van der Waals surface area contributed by atoms with Crippen molar-refractivity contribution in [1.82, 2.24) is 4.57 Å². The number of aryl methyl sites for hydroxylation is 1. The highest BCUT2D eigenvalue weighted by atomic mass is 35.5. The number of nitrogens with zero attached hydrogens (tertiary/aromatic N) is 2. The second-order valence-corrected chi connectivity index (χ2v) is 10.3. The van der Waals surface area contributed by atoms with Crippen LogP contribution < -0.4 is 17.0 Å². The molecule has 184 valence electrons. The Morgan fingerprint density at radius 2 is 1.22 bits per heavy atom. The number of benzene rings is 1. The van der Waals surface area contributed by atoms with Crippen molar-refractivity contribution in [3.05, 3.63) is 30.6 Å². The number of fused-ring (bicyclic) bond motifs is 1. The van der Waals surface area contributed by atoms with Gasteiger partial charge >= 0.3 is 0 Å². The van der Waals surface area contributed by atoms with Crippen molar-refractivity contribution >= 4 is 22.8 Å². The van der Waals surface area contributed by atoms with E-state index in [-0.39, 0.29) is 12.4 Å². The van der Waals surface area contributed by atoms with Crippen molar-refractivity contribution < 1.29 is 17.0 Å². The zero-order chi connectivity index (χ0) is 22.0. The number of aromatic nitrogens is 2. The summed E-state index contributed by atoms with van der Waals surface area (Å²) >= 11 is 2.10. The van der Waals surface area contributed by atoms with Crippen LogP contribution in [0.5, 0.6) is 0 Å². The van der Waals surface area contributed by atoms with Gasteiger partial charge < -0.3 is 12.4 Å². The van der Waals surface area contributed by atoms with E-state index < -0.39 is 0 Å². The van der Waals surface area contributed by atoms with Gasteiger partial charge in [-0.1, -0.05) is 109 Å². The molecular weight excluding hydrogens is 432 g/mol. The number of para-hydroxylation sites is 2. The second-order valence-electron chi connectivity index (χ2n) is 9.25. The van der Waals surface area contributed by atoms with E-state index in [1.165, 1.54) is 120 Å². The molecule has 0 unspecified atom stereocenters. The van der Waals surface area contributed by atoms with Gasteiger partial charge in [0.2, 0.25) is 6.33 Å². The first-order valence-electron chi connectivity index (χ1n) is 13.4. The zero-order valence-electron chi connectivity index (χ0n) is 21.0. The first kappa shape index (κ1) is 29.4. The summed E-state index contributed by atoms with van der Waals surface area (Å²) in [5.74, 6) is 2.38. The third kappa shape index (κ3) is 12.0. The Balaban J connectivity index is 0.00000512. The largest absolute Gasteiger partial charge is 1.00 e. The van der Waals surface area contributed by atoms with Gasteiger partial charge in [-0.2, -0.15) is 0 Å². The predicted octanol–water partition coefficient (Wildman–Crippen LogP) is 5.90. The zero-order valence-corrected chi connectivity index (χ0v) is 22.6. The van der Waals surface area contributed by atoms with Crippen LogP contribution >= 0.6 is 11.8 Å². The summed E-state index contributed by atoms with van der Waals surface area (Å²) < 4.78 is 4.95. The molecule has 1 heterocycles. The highest BCUT2D eigenvalue weighted by Gasteiger charge is 2.14. The summed E-state index contributed by atoms with van der Waals surface area (Å²) in [5, 5.41) is 0. The summed E-state index contributed by atoms with van der Waals surface area (Å²) in [7, 11) is 0. The second kappa shape index (κ2) is 19.8. The molecule has 0 N–H and O–H groups in total. The molecule has 0 aliphatic rings. The highest BCUT2D eigenvalue weighted by Crippen LogP contribution is 2.16. The Morgan fingerprint density at radius 3 is 1.84 bits per heavy atom. The van der Waals surface area contributed by atoms with Gasteiger partial charge in [-0.05, 0) is 37.1 Å². The minimum atomic E-state index is 0. The summed E-state index contributed by atoms with van der Waals surface area (Å²) in [4.78, 5) is 0. The molecule has 0 fully saturated rings. The Bertz CT molecular complexity index is 685. The third-order valence-corrected chi connectivity index (χ3v) is 7.44. The molecule has 0 atom stereocenters.